The van der Waals surface area contributed by atoms with Crippen LogP contribution in [0.4, 0.5) is 0 Å². The van der Waals surface area contributed by atoms with E-state index in [1.807, 2.05) is 0 Å². The maximum Gasteiger partial charge on any atom is 0.339 e. The van der Waals surface area contributed by atoms with Crippen molar-refractivity contribution in [3.8, 4) is 0 Å². The summed E-state index contributed by atoms with van der Waals surface area (Å²) in [6, 6.07) is 6.24. The number of hydrogen-bond acceptors (Lipinski definition) is 3. The molecule has 0 aliphatic rings. The van der Waals surface area contributed by atoms with Gasteiger partial charge < -0.3 is 4.74 Å². The van der Waals surface area contributed by atoms with Crippen molar-refractivity contribution in [2.45, 2.75) is 0 Å². The van der Waals surface area contributed by atoms with E-state index in [-0.39, 0.29) is 11.1 Å². The summed E-state index contributed by atoms with van der Waals surface area (Å²) in [6.45, 7) is 0. The van der Waals surface area contributed by atoms with Crippen LogP contribution in [0.1, 0.15) is 15.9 Å². The second-order valence-electron chi connectivity index (χ2n) is 2.08. The number of carbonyl (C=O) groups is 1. The van der Waals surface area contributed by atoms with Crippen LogP contribution in [0.5, 0.6) is 0 Å². The van der Waals surface area contributed by atoms with E-state index in [0.29, 0.717) is 0 Å². The fourth-order valence-electron chi connectivity index (χ4n) is 0.828. The Hall–Kier alpha value is -1.64. The van der Waals surface area contributed by atoms with Crippen molar-refractivity contribution in [3.05, 3.63) is 42.5 Å². The number of ether oxygens (including phenoxy) is 1. The van der Waals surface area contributed by atoms with Crippen LogP contribution in [0.2, 0.25) is 0 Å². The molecule has 0 saturated carbocycles. The molecule has 0 aliphatic carbocycles. The van der Waals surface area contributed by atoms with Gasteiger partial charge in [-0.2, -0.15) is 0 Å². The maximum atomic E-state index is 10.9. The van der Waals surface area contributed by atoms with E-state index in [1.54, 1.807) is 18.4 Å². The molecule has 0 aliphatic heterocycles. The predicted octanol–water partition coefficient (Wildman–Crippen LogP) is 1.09. The first kappa shape index (κ1) is 8.46. The van der Waals surface area contributed by atoms with Crippen molar-refractivity contribution < 1.29 is 14.3 Å². The van der Waals surface area contributed by atoms with E-state index >= 15 is 0 Å². The highest BCUT2D eigenvalue weighted by Crippen LogP contribution is 2.06. The van der Waals surface area contributed by atoms with E-state index < -0.39 is 5.97 Å². The summed E-state index contributed by atoms with van der Waals surface area (Å²) in [7, 11) is 2.96. The Labute approximate surface area is 70.0 Å². The van der Waals surface area contributed by atoms with Gasteiger partial charge in [0.05, 0.1) is 5.56 Å². The van der Waals surface area contributed by atoms with Crippen LogP contribution in [0.25, 0.3) is 0 Å². The van der Waals surface area contributed by atoms with Crippen LogP contribution >= 0.6 is 0 Å². The van der Waals surface area contributed by atoms with Gasteiger partial charge in [-0.15, -0.1) is 0 Å². The van der Waals surface area contributed by atoms with E-state index in [2.05, 4.69) is 11.8 Å². The largest absolute Gasteiger partial charge is 0.458 e. The molecular formula is C9H6O3. The van der Waals surface area contributed by atoms with Gasteiger partial charge in [-0.3, -0.25) is 4.79 Å². The van der Waals surface area contributed by atoms with Gasteiger partial charge in [0.1, 0.15) is 7.11 Å². The summed E-state index contributed by atoms with van der Waals surface area (Å²) in [6.07, 6.45) is 1.63. The normalized spacial score (nSPS) is 9.08. The van der Waals surface area contributed by atoms with Crippen LogP contribution in [-0.4, -0.2) is 12.3 Å². The molecule has 0 saturated heterocycles. The molecule has 3 heteroatoms. The topological polar surface area (TPSA) is 43.4 Å². The van der Waals surface area contributed by atoms with Crippen LogP contribution in [0.15, 0.2) is 24.3 Å². The van der Waals surface area contributed by atoms with Gasteiger partial charge >= 0.3 is 5.97 Å². The Morgan fingerprint density at radius 1 is 1.42 bits per heavy atom. The van der Waals surface area contributed by atoms with E-state index in [9.17, 15) is 9.59 Å². The molecule has 0 amide bonds. The first-order valence-corrected chi connectivity index (χ1v) is 3.23. The molecular weight excluding hydrogens is 156 g/mol. The fourth-order valence-corrected chi connectivity index (χ4v) is 0.828. The van der Waals surface area contributed by atoms with E-state index in [0.717, 1.165) is 0 Å². The van der Waals surface area contributed by atoms with Crippen LogP contribution in [-0.2, 0) is 9.53 Å². The summed E-state index contributed by atoms with van der Waals surface area (Å²) >= 11 is 0. The Bertz CT molecular complexity index is 304. The molecule has 0 bridgehead atoms. The molecule has 3 nitrogen and oxygen atoms in total. The monoisotopic (exact) mass is 162 g/mol. The van der Waals surface area contributed by atoms with Crippen molar-refractivity contribution in [2.75, 3.05) is 0 Å². The molecule has 0 aromatic heterocycles. The number of esters is 1. The highest BCUT2D eigenvalue weighted by molar-refractivity contribution is 5.98. The van der Waals surface area contributed by atoms with Crippen molar-refractivity contribution in [1.29, 1.82) is 0 Å². The first-order valence-electron chi connectivity index (χ1n) is 3.23. The molecule has 60 valence electrons. The summed E-state index contributed by atoms with van der Waals surface area (Å²) in [5.41, 5.74) is 0.369. The zero-order chi connectivity index (χ0) is 8.97. The van der Waals surface area contributed by atoms with Gasteiger partial charge in [0.25, 0.3) is 0 Å². The van der Waals surface area contributed by atoms with Gasteiger partial charge in [0, 0.05) is 5.56 Å². The maximum absolute atomic E-state index is 10.9. The third kappa shape index (κ3) is 1.50. The summed E-state index contributed by atoms with van der Waals surface area (Å²) in [5.74, 6) is -0.631. The lowest BCUT2D eigenvalue weighted by molar-refractivity contribution is 0.0653. The molecule has 0 atom stereocenters. The van der Waals surface area contributed by atoms with Crippen molar-refractivity contribution in [2.24, 2.45) is 0 Å². The molecule has 0 fully saturated rings. The number of benzene rings is 1. The SMILES string of the molecule is [CH2]OC(=O)c1ccccc1[C]=O. The highest BCUT2D eigenvalue weighted by atomic mass is 16.5. The molecule has 2 radical (unpaired) electrons. The van der Waals surface area contributed by atoms with Crippen LogP contribution in [0, 0.1) is 7.11 Å². The van der Waals surface area contributed by atoms with Gasteiger partial charge in [-0.05, 0) is 6.07 Å². The number of hydrogen-bond donors (Lipinski definition) is 0. The van der Waals surface area contributed by atoms with Crippen molar-refractivity contribution in [3.63, 3.8) is 0 Å². The Balaban J connectivity index is 3.13. The fraction of sp³-hybridized carbons (Fsp3) is 0. The molecule has 1 aromatic carbocycles. The van der Waals surface area contributed by atoms with E-state index in [4.69, 9.17) is 0 Å². The van der Waals surface area contributed by atoms with Gasteiger partial charge in [0.15, 0.2) is 0 Å². The third-order valence-electron chi connectivity index (χ3n) is 1.39. The second kappa shape index (κ2) is 3.67. The molecule has 0 heterocycles. The number of carbonyl (C=O) groups excluding carboxylic acids is 2. The predicted molar refractivity (Wildman–Crippen MR) is 42.0 cm³/mol. The highest BCUT2D eigenvalue weighted by Gasteiger charge is 2.09. The van der Waals surface area contributed by atoms with E-state index in [1.165, 1.54) is 12.1 Å². The van der Waals surface area contributed by atoms with Gasteiger partial charge in [-0.1, -0.05) is 18.2 Å². The quantitative estimate of drug-likeness (QED) is 0.611. The average molecular weight is 162 g/mol. The second-order valence-corrected chi connectivity index (χ2v) is 2.08. The minimum atomic E-state index is -0.631. The summed E-state index contributed by atoms with van der Waals surface area (Å²) in [4.78, 5) is 21.2. The minimum absolute atomic E-state index is 0.183. The summed E-state index contributed by atoms with van der Waals surface area (Å²) < 4.78 is 4.21. The smallest absolute Gasteiger partial charge is 0.339 e. The minimum Gasteiger partial charge on any atom is -0.458 e. The Morgan fingerprint density at radius 2 is 2.08 bits per heavy atom. The molecule has 1 aromatic rings. The Morgan fingerprint density at radius 3 is 2.67 bits per heavy atom. The standard InChI is InChI=1S/C9H6O3/c1-12-9(11)8-5-3-2-4-7(8)6-10/h2-5H,1H2. The van der Waals surface area contributed by atoms with Crippen molar-refractivity contribution in [1.82, 2.24) is 0 Å². The third-order valence-corrected chi connectivity index (χ3v) is 1.39. The Kier molecular flexibility index (Phi) is 2.58. The lowest BCUT2D eigenvalue weighted by Crippen LogP contribution is -2.03. The van der Waals surface area contributed by atoms with Crippen LogP contribution < -0.4 is 0 Å². The zero-order valence-corrected chi connectivity index (χ0v) is 6.24. The average Bonchev–Trinajstić information content (AvgIpc) is 2.16. The van der Waals surface area contributed by atoms with Crippen LogP contribution in [0.3, 0.4) is 0 Å². The molecule has 1 rings (SSSR count). The molecule has 0 unspecified atom stereocenters. The zero-order valence-electron chi connectivity index (χ0n) is 6.24. The van der Waals surface area contributed by atoms with Gasteiger partial charge in [-0.25, -0.2) is 4.79 Å². The number of rotatable bonds is 2. The molecule has 12 heavy (non-hydrogen) atoms. The lowest BCUT2D eigenvalue weighted by Gasteiger charge is -1.99. The van der Waals surface area contributed by atoms with Crippen molar-refractivity contribution >= 4 is 12.3 Å². The first-order chi connectivity index (χ1) is 5.79. The summed E-state index contributed by atoms with van der Waals surface area (Å²) in [5, 5.41) is 0. The van der Waals surface area contributed by atoms with Gasteiger partial charge in [0.2, 0.25) is 6.29 Å². The lowest BCUT2D eigenvalue weighted by atomic mass is 10.1. The molecule has 0 spiro atoms. The molecule has 0 N–H and O–H groups in total.